The molecule has 2 rings (SSSR count). The number of hydrogen-bond donors (Lipinski definition) is 1. The van der Waals surface area contributed by atoms with Crippen LogP contribution in [0.25, 0.3) is 0 Å². The molecule has 2 aromatic rings. The number of ether oxygens (including phenoxy) is 2. The molecule has 0 heterocycles. The Balaban J connectivity index is 2.06. The fourth-order valence-corrected chi connectivity index (χ4v) is 2.74. The predicted octanol–water partition coefficient (Wildman–Crippen LogP) is 3.24. The maximum absolute atomic E-state index is 8.98. The summed E-state index contributed by atoms with van der Waals surface area (Å²) in [6, 6.07) is 14.8. The highest BCUT2D eigenvalue weighted by atomic mass is 32.2. The Bertz CT molecular complexity index is 724. The highest BCUT2D eigenvalue weighted by Gasteiger charge is 2.04. The first kappa shape index (κ1) is 16.7. The van der Waals surface area contributed by atoms with Crippen molar-refractivity contribution in [3.63, 3.8) is 0 Å². The summed E-state index contributed by atoms with van der Waals surface area (Å²) in [4.78, 5) is 0.815. The van der Waals surface area contributed by atoms with Gasteiger partial charge in [-0.05, 0) is 47.8 Å². The zero-order valence-electron chi connectivity index (χ0n) is 12.8. The van der Waals surface area contributed by atoms with Crippen molar-refractivity contribution in [2.75, 3.05) is 14.2 Å². The van der Waals surface area contributed by atoms with Crippen LogP contribution in [0.1, 0.15) is 16.7 Å². The molecule has 0 saturated carbocycles. The van der Waals surface area contributed by atoms with Crippen LogP contribution >= 0.6 is 11.9 Å². The van der Waals surface area contributed by atoms with Crippen molar-refractivity contribution in [3.8, 4) is 23.6 Å². The minimum atomic E-state index is 0.469. The summed E-state index contributed by atoms with van der Waals surface area (Å²) in [5.41, 5.74) is 1.94. The largest absolute Gasteiger partial charge is 0.497 e. The SMILES string of the molecule is COc1cc(CNSc2cc(C#N)cc(C#N)c2)cc(OC)c1. The zero-order valence-corrected chi connectivity index (χ0v) is 13.6. The number of hydrogen-bond acceptors (Lipinski definition) is 6. The second-order valence-electron chi connectivity index (χ2n) is 4.61. The minimum Gasteiger partial charge on any atom is -0.497 e. The maximum Gasteiger partial charge on any atom is 0.122 e. The van der Waals surface area contributed by atoms with Gasteiger partial charge in [0.15, 0.2) is 0 Å². The highest BCUT2D eigenvalue weighted by Crippen LogP contribution is 2.24. The van der Waals surface area contributed by atoms with Gasteiger partial charge in [-0.15, -0.1) is 0 Å². The van der Waals surface area contributed by atoms with E-state index in [-0.39, 0.29) is 0 Å². The lowest BCUT2D eigenvalue weighted by Crippen LogP contribution is -2.04. The summed E-state index contributed by atoms with van der Waals surface area (Å²) in [6.45, 7) is 0.580. The summed E-state index contributed by atoms with van der Waals surface area (Å²) in [7, 11) is 3.22. The van der Waals surface area contributed by atoms with Crippen LogP contribution in [0.5, 0.6) is 11.5 Å². The molecule has 1 N–H and O–H groups in total. The van der Waals surface area contributed by atoms with Gasteiger partial charge in [0.2, 0.25) is 0 Å². The Morgan fingerprint density at radius 2 is 1.48 bits per heavy atom. The quantitative estimate of drug-likeness (QED) is 0.822. The first-order valence-corrected chi connectivity index (χ1v) is 7.57. The Hall–Kier alpha value is -2.67. The zero-order chi connectivity index (χ0) is 16.7. The molecule has 0 spiro atoms. The summed E-state index contributed by atoms with van der Waals surface area (Å²) in [6.07, 6.45) is 0. The number of nitrogens with one attached hydrogen (secondary N) is 1. The number of nitrogens with zero attached hydrogens (tertiary/aromatic N) is 2. The van der Waals surface area contributed by atoms with Crippen LogP contribution in [-0.2, 0) is 6.54 Å². The smallest absolute Gasteiger partial charge is 0.122 e. The van der Waals surface area contributed by atoms with E-state index in [1.807, 2.05) is 18.2 Å². The van der Waals surface area contributed by atoms with E-state index >= 15 is 0 Å². The van der Waals surface area contributed by atoms with Gasteiger partial charge in [0.1, 0.15) is 11.5 Å². The Labute approximate surface area is 139 Å². The molecule has 0 fully saturated rings. The molecule has 0 aliphatic heterocycles. The topological polar surface area (TPSA) is 78.1 Å². The predicted molar refractivity (Wildman–Crippen MR) is 88.1 cm³/mol. The van der Waals surface area contributed by atoms with Crippen molar-refractivity contribution in [2.24, 2.45) is 0 Å². The Morgan fingerprint density at radius 3 is 1.96 bits per heavy atom. The van der Waals surface area contributed by atoms with E-state index in [4.69, 9.17) is 20.0 Å². The third kappa shape index (κ3) is 4.65. The van der Waals surface area contributed by atoms with Crippen molar-refractivity contribution in [3.05, 3.63) is 53.1 Å². The fraction of sp³-hybridized carbons (Fsp3) is 0.176. The van der Waals surface area contributed by atoms with E-state index in [9.17, 15) is 0 Å². The van der Waals surface area contributed by atoms with E-state index in [2.05, 4.69) is 16.9 Å². The number of rotatable bonds is 6. The summed E-state index contributed by atoms with van der Waals surface area (Å²) < 4.78 is 13.7. The number of methoxy groups -OCH3 is 2. The minimum absolute atomic E-state index is 0.469. The first-order chi connectivity index (χ1) is 11.2. The molecule has 0 radical (unpaired) electrons. The average Bonchev–Trinajstić information content (AvgIpc) is 2.60. The maximum atomic E-state index is 8.98. The van der Waals surface area contributed by atoms with Gasteiger partial charge in [0, 0.05) is 17.5 Å². The van der Waals surface area contributed by atoms with Gasteiger partial charge in [0.25, 0.3) is 0 Å². The van der Waals surface area contributed by atoms with Crippen LogP contribution in [0.3, 0.4) is 0 Å². The molecule has 0 amide bonds. The molecule has 0 bridgehead atoms. The van der Waals surface area contributed by atoms with Gasteiger partial charge >= 0.3 is 0 Å². The molecular formula is C17H15N3O2S. The van der Waals surface area contributed by atoms with Crippen LogP contribution in [-0.4, -0.2) is 14.2 Å². The lowest BCUT2D eigenvalue weighted by molar-refractivity contribution is 0.393. The molecule has 23 heavy (non-hydrogen) atoms. The second-order valence-corrected chi connectivity index (χ2v) is 5.58. The first-order valence-electron chi connectivity index (χ1n) is 6.75. The number of nitriles is 2. The van der Waals surface area contributed by atoms with Gasteiger partial charge in [-0.2, -0.15) is 10.5 Å². The van der Waals surface area contributed by atoms with E-state index < -0.39 is 0 Å². The van der Waals surface area contributed by atoms with E-state index in [0.29, 0.717) is 17.7 Å². The summed E-state index contributed by atoms with van der Waals surface area (Å²) in [5, 5.41) is 18.0. The molecule has 0 aromatic heterocycles. The van der Waals surface area contributed by atoms with Crippen LogP contribution in [0, 0.1) is 22.7 Å². The summed E-state index contributed by atoms with van der Waals surface area (Å²) in [5.74, 6) is 1.45. The third-order valence-corrected chi connectivity index (χ3v) is 3.80. The van der Waals surface area contributed by atoms with Crippen LogP contribution in [0.2, 0.25) is 0 Å². The van der Waals surface area contributed by atoms with Crippen LogP contribution in [0.15, 0.2) is 41.3 Å². The molecule has 0 aliphatic carbocycles. The molecule has 2 aromatic carbocycles. The van der Waals surface area contributed by atoms with E-state index in [1.165, 1.54) is 11.9 Å². The third-order valence-electron chi connectivity index (χ3n) is 3.04. The van der Waals surface area contributed by atoms with Crippen molar-refractivity contribution in [2.45, 2.75) is 11.4 Å². The van der Waals surface area contributed by atoms with Gasteiger partial charge in [-0.1, -0.05) is 0 Å². The molecule has 116 valence electrons. The van der Waals surface area contributed by atoms with E-state index in [1.54, 1.807) is 32.4 Å². The molecule has 0 aliphatic rings. The Morgan fingerprint density at radius 1 is 0.913 bits per heavy atom. The summed E-state index contributed by atoms with van der Waals surface area (Å²) >= 11 is 1.37. The fourth-order valence-electron chi connectivity index (χ4n) is 1.96. The van der Waals surface area contributed by atoms with Crippen molar-refractivity contribution in [1.29, 1.82) is 10.5 Å². The lowest BCUT2D eigenvalue weighted by atomic mass is 10.1. The standard InChI is InChI=1S/C17H15N3O2S/c1-21-15-4-14(5-16(8-15)22-2)11-20-23-17-6-12(9-18)3-13(7-17)10-19/h3-8,20H,11H2,1-2H3. The van der Waals surface area contributed by atoms with Crippen molar-refractivity contribution in [1.82, 2.24) is 4.72 Å². The van der Waals surface area contributed by atoms with E-state index in [0.717, 1.165) is 22.0 Å². The second kappa shape index (κ2) is 8.09. The Kier molecular flexibility index (Phi) is 5.87. The molecule has 0 atom stereocenters. The van der Waals surface area contributed by atoms with Crippen molar-refractivity contribution >= 4 is 11.9 Å². The van der Waals surface area contributed by atoms with Gasteiger partial charge in [0.05, 0.1) is 37.5 Å². The average molecular weight is 325 g/mol. The van der Waals surface area contributed by atoms with Crippen LogP contribution < -0.4 is 14.2 Å². The van der Waals surface area contributed by atoms with Crippen molar-refractivity contribution < 1.29 is 9.47 Å². The molecule has 5 nitrogen and oxygen atoms in total. The molecule has 0 unspecified atom stereocenters. The number of benzene rings is 2. The van der Waals surface area contributed by atoms with Gasteiger partial charge in [-0.3, -0.25) is 4.72 Å². The molecular weight excluding hydrogens is 310 g/mol. The molecule has 6 heteroatoms. The lowest BCUT2D eigenvalue weighted by Gasteiger charge is -2.09. The monoisotopic (exact) mass is 325 g/mol. The normalized spacial score (nSPS) is 9.74. The van der Waals surface area contributed by atoms with Crippen LogP contribution in [0.4, 0.5) is 0 Å². The van der Waals surface area contributed by atoms with Gasteiger partial charge in [-0.25, -0.2) is 0 Å². The molecule has 0 saturated heterocycles. The van der Waals surface area contributed by atoms with Gasteiger partial charge < -0.3 is 9.47 Å². The highest BCUT2D eigenvalue weighted by molar-refractivity contribution is 7.97.